The highest BCUT2D eigenvalue weighted by atomic mass is 32.2. The van der Waals surface area contributed by atoms with Crippen molar-refractivity contribution in [3.63, 3.8) is 0 Å². The topological polar surface area (TPSA) is 83.8 Å². The average molecular weight is 226 g/mol. The standard InChI is InChI=1S/C9H14N4OS/c10-6-5-11-13-8(6)12-9(14)7-3-1-2-4-15-7/h5,7H,1-4,10H2,(H2,11,12,13,14). The van der Waals surface area contributed by atoms with Gasteiger partial charge >= 0.3 is 0 Å². The predicted octanol–water partition coefficient (Wildman–Crippen LogP) is 1.22. The summed E-state index contributed by atoms with van der Waals surface area (Å²) < 4.78 is 0. The molecule has 0 aromatic carbocycles. The van der Waals surface area contributed by atoms with Gasteiger partial charge in [-0.3, -0.25) is 9.89 Å². The number of nitrogens with zero attached hydrogens (tertiary/aromatic N) is 1. The number of carbonyl (C=O) groups is 1. The van der Waals surface area contributed by atoms with E-state index < -0.39 is 0 Å². The quantitative estimate of drug-likeness (QED) is 0.708. The molecule has 1 aromatic rings. The molecule has 0 saturated carbocycles. The van der Waals surface area contributed by atoms with Crippen LogP contribution in [0.15, 0.2) is 6.20 Å². The number of anilines is 2. The van der Waals surface area contributed by atoms with Gasteiger partial charge in [0.05, 0.1) is 17.1 Å². The summed E-state index contributed by atoms with van der Waals surface area (Å²) in [5, 5.41) is 9.22. The van der Waals surface area contributed by atoms with Gasteiger partial charge in [-0.1, -0.05) is 6.42 Å². The number of rotatable bonds is 2. The van der Waals surface area contributed by atoms with Gasteiger partial charge in [0.2, 0.25) is 5.91 Å². The van der Waals surface area contributed by atoms with Crippen molar-refractivity contribution in [2.24, 2.45) is 0 Å². The first-order valence-corrected chi connectivity index (χ1v) is 6.03. The molecule has 1 aliphatic heterocycles. The molecule has 0 bridgehead atoms. The van der Waals surface area contributed by atoms with Crippen LogP contribution in [0.25, 0.3) is 0 Å². The number of nitrogens with two attached hydrogens (primary N) is 1. The normalized spacial score (nSPS) is 21.2. The van der Waals surface area contributed by atoms with Crippen molar-refractivity contribution in [1.29, 1.82) is 0 Å². The van der Waals surface area contributed by atoms with E-state index in [4.69, 9.17) is 5.73 Å². The molecule has 1 amide bonds. The van der Waals surface area contributed by atoms with E-state index in [1.54, 1.807) is 11.8 Å². The molecule has 15 heavy (non-hydrogen) atoms. The Bertz CT molecular complexity index is 346. The van der Waals surface area contributed by atoms with E-state index in [1.165, 1.54) is 12.6 Å². The molecule has 1 aromatic heterocycles. The van der Waals surface area contributed by atoms with Crippen LogP contribution in [0.2, 0.25) is 0 Å². The number of aromatic nitrogens is 2. The lowest BCUT2D eigenvalue weighted by atomic mass is 10.2. The molecule has 2 heterocycles. The molecule has 1 unspecified atom stereocenters. The van der Waals surface area contributed by atoms with Crippen molar-refractivity contribution < 1.29 is 4.79 Å². The molecule has 1 atom stereocenters. The van der Waals surface area contributed by atoms with E-state index in [0.717, 1.165) is 18.6 Å². The third-order valence-corrected chi connectivity index (χ3v) is 3.77. The molecule has 4 N–H and O–H groups in total. The number of aromatic amines is 1. The summed E-state index contributed by atoms with van der Waals surface area (Å²) in [6, 6.07) is 0. The number of hydrogen-bond acceptors (Lipinski definition) is 4. The average Bonchev–Trinajstić information content (AvgIpc) is 2.66. The molecule has 1 saturated heterocycles. The Kier molecular flexibility index (Phi) is 3.15. The maximum atomic E-state index is 11.8. The number of H-pyrrole nitrogens is 1. The van der Waals surface area contributed by atoms with Crippen LogP contribution in [0.1, 0.15) is 19.3 Å². The van der Waals surface area contributed by atoms with Crippen LogP contribution >= 0.6 is 11.8 Å². The van der Waals surface area contributed by atoms with Crippen molar-refractivity contribution in [3.8, 4) is 0 Å². The number of nitrogens with one attached hydrogen (secondary N) is 2. The van der Waals surface area contributed by atoms with Crippen molar-refractivity contribution in [2.75, 3.05) is 16.8 Å². The fraction of sp³-hybridized carbons (Fsp3) is 0.556. The van der Waals surface area contributed by atoms with Crippen LogP contribution in [0.3, 0.4) is 0 Å². The van der Waals surface area contributed by atoms with Gasteiger partial charge < -0.3 is 11.1 Å². The third-order valence-electron chi connectivity index (χ3n) is 2.39. The lowest BCUT2D eigenvalue weighted by molar-refractivity contribution is -0.115. The fourth-order valence-electron chi connectivity index (χ4n) is 1.55. The van der Waals surface area contributed by atoms with Crippen LogP contribution in [0, 0.1) is 0 Å². The second kappa shape index (κ2) is 4.57. The monoisotopic (exact) mass is 226 g/mol. The number of amides is 1. The SMILES string of the molecule is Nc1cn[nH]c1NC(=O)C1CCCCS1. The molecular formula is C9H14N4OS. The van der Waals surface area contributed by atoms with Gasteiger partial charge in [0.25, 0.3) is 0 Å². The van der Waals surface area contributed by atoms with Gasteiger partial charge in [-0.05, 0) is 18.6 Å². The van der Waals surface area contributed by atoms with Crippen LogP contribution in [0.5, 0.6) is 0 Å². The fourth-order valence-corrected chi connectivity index (χ4v) is 2.75. The molecule has 6 heteroatoms. The first-order valence-electron chi connectivity index (χ1n) is 4.98. The Morgan fingerprint density at radius 3 is 3.13 bits per heavy atom. The minimum absolute atomic E-state index is 0.0238. The first kappa shape index (κ1) is 10.4. The van der Waals surface area contributed by atoms with Crippen LogP contribution in [-0.4, -0.2) is 27.1 Å². The predicted molar refractivity (Wildman–Crippen MR) is 61.7 cm³/mol. The van der Waals surface area contributed by atoms with E-state index >= 15 is 0 Å². The minimum atomic E-state index is 0.0238. The third kappa shape index (κ3) is 2.44. The lowest BCUT2D eigenvalue weighted by Gasteiger charge is -2.19. The van der Waals surface area contributed by atoms with Gasteiger partial charge in [0.1, 0.15) is 0 Å². The van der Waals surface area contributed by atoms with E-state index in [0.29, 0.717) is 11.5 Å². The molecule has 2 rings (SSSR count). The molecule has 5 nitrogen and oxygen atoms in total. The smallest absolute Gasteiger partial charge is 0.238 e. The highest BCUT2D eigenvalue weighted by Gasteiger charge is 2.22. The van der Waals surface area contributed by atoms with E-state index in [9.17, 15) is 4.79 Å². The van der Waals surface area contributed by atoms with Crippen molar-refractivity contribution in [3.05, 3.63) is 6.20 Å². The van der Waals surface area contributed by atoms with Crippen LogP contribution in [0.4, 0.5) is 11.5 Å². The number of carbonyl (C=O) groups excluding carboxylic acids is 1. The summed E-state index contributed by atoms with van der Waals surface area (Å²) >= 11 is 1.71. The molecule has 1 fully saturated rings. The molecule has 0 spiro atoms. The van der Waals surface area contributed by atoms with E-state index in [1.807, 2.05) is 0 Å². The first-order chi connectivity index (χ1) is 7.27. The van der Waals surface area contributed by atoms with Crippen LogP contribution in [-0.2, 0) is 4.79 Å². The molecular weight excluding hydrogens is 212 g/mol. The Morgan fingerprint density at radius 1 is 1.67 bits per heavy atom. The number of nitrogen functional groups attached to an aromatic ring is 1. The zero-order valence-electron chi connectivity index (χ0n) is 8.32. The lowest BCUT2D eigenvalue weighted by Crippen LogP contribution is -2.27. The van der Waals surface area contributed by atoms with Crippen LogP contribution < -0.4 is 11.1 Å². The summed E-state index contributed by atoms with van der Waals surface area (Å²) in [5.74, 6) is 1.60. The summed E-state index contributed by atoms with van der Waals surface area (Å²) in [6.45, 7) is 0. The number of hydrogen-bond donors (Lipinski definition) is 3. The minimum Gasteiger partial charge on any atom is -0.394 e. The molecule has 0 radical (unpaired) electrons. The zero-order chi connectivity index (χ0) is 10.7. The maximum absolute atomic E-state index is 11.8. The highest BCUT2D eigenvalue weighted by Crippen LogP contribution is 2.26. The second-order valence-corrected chi connectivity index (χ2v) is 4.86. The maximum Gasteiger partial charge on any atom is 0.238 e. The van der Waals surface area contributed by atoms with Gasteiger partial charge in [-0.2, -0.15) is 5.10 Å². The Balaban J connectivity index is 1.94. The van der Waals surface area contributed by atoms with Crippen molar-refractivity contribution >= 4 is 29.2 Å². The molecule has 1 aliphatic rings. The van der Waals surface area contributed by atoms with E-state index in [2.05, 4.69) is 15.5 Å². The van der Waals surface area contributed by atoms with Gasteiger partial charge in [0.15, 0.2) is 5.82 Å². The van der Waals surface area contributed by atoms with Gasteiger partial charge in [-0.25, -0.2) is 0 Å². The summed E-state index contributed by atoms with van der Waals surface area (Å²) in [4.78, 5) is 11.8. The second-order valence-electron chi connectivity index (χ2n) is 3.54. The van der Waals surface area contributed by atoms with Crippen molar-refractivity contribution in [2.45, 2.75) is 24.5 Å². The summed E-state index contributed by atoms with van der Waals surface area (Å²) in [7, 11) is 0. The Hall–Kier alpha value is -1.17. The summed E-state index contributed by atoms with van der Waals surface area (Å²) in [5.41, 5.74) is 6.08. The number of thioether (sulfide) groups is 1. The summed E-state index contributed by atoms with van der Waals surface area (Å²) in [6.07, 6.45) is 4.78. The highest BCUT2D eigenvalue weighted by molar-refractivity contribution is 8.00. The van der Waals surface area contributed by atoms with E-state index in [-0.39, 0.29) is 11.2 Å². The largest absolute Gasteiger partial charge is 0.394 e. The molecule has 0 aliphatic carbocycles. The molecule has 82 valence electrons. The van der Waals surface area contributed by atoms with Gasteiger partial charge in [0, 0.05) is 0 Å². The Morgan fingerprint density at radius 2 is 2.53 bits per heavy atom. The van der Waals surface area contributed by atoms with Gasteiger partial charge in [-0.15, -0.1) is 11.8 Å². The van der Waals surface area contributed by atoms with Crippen molar-refractivity contribution in [1.82, 2.24) is 10.2 Å². The Labute approximate surface area is 92.2 Å². The zero-order valence-corrected chi connectivity index (χ0v) is 9.14.